The summed E-state index contributed by atoms with van der Waals surface area (Å²) in [6.07, 6.45) is 2.12. The van der Waals surface area contributed by atoms with E-state index in [1.54, 1.807) is 0 Å². The van der Waals surface area contributed by atoms with Crippen LogP contribution in [0.4, 0.5) is 0 Å². The molecule has 0 amide bonds. The molecule has 0 aliphatic carbocycles. The van der Waals surface area contributed by atoms with E-state index < -0.39 is 0 Å². The molecule has 0 saturated carbocycles. The van der Waals surface area contributed by atoms with E-state index in [2.05, 4.69) is 48.9 Å². The molecule has 1 aliphatic heterocycles. The molecule has 0 aromatic heterocycles. The van der Waals surface area contributed by atoms with Gasteiger partial charge in [0.25, 0.3) is 0 Å². The molecule has 1 aliphatic rings. The standard InChI is InChI=1S/C12H13N.C2H6/c1-9-8-13(3)10(2)12-7-5-4-6-11(9)12;1-2/h4-8H,2H2,1,3H3;1-2H3. The van der Waals surface area contributed by atoms with Gasteiger partial charge in [-0.2, -0.15) is 0 Å². The van der Waals surface area contributed by atoms with Gasteiger partial charge in [-0.25, -0.2) is 0 Å². The van der Waals surface area contributed by atoms with Crippen molar-refractivity contribution in [3.8, 4) is 0 Å². The summed E-state index contributed by atoms with van der Waals surface area (Å²) < 4.78 is 0. The molecule has 0 fully saturated rings. The lowest BCUT2D eigenvalue weighted by molar-refractivity contribution is 0.652. The highest BCUT2D eigenvalue weighted by atomic mass is 15.1. The third kappa shape index (κ3) is 2.12. The van der Waals surface area contributed by atoms with Gasteiger partial charge in [-0.3, -0.25) is 0 Å². The van der Waals surface area contributed by atoms with Gasteiger partial charge in [0.2, 0.25) is 0 Å². The second kappa shape index (κ2) is 4.83. The van der Waals surface area contributed by atoms with Gasteiger partial charge in [0.1, 0.15) is 0 Å². The molecule has 15 heavy (non-hydrogen) atoms. The Hall–Kier alpha value is -1.50. The molecule has 0 N–H and O–H groups in total. The first-order valence-corrected chi connectivity index (χ1v) is 5.40. The van der Waals surface area contributed by atoms with Crippen molar-refractivity contribution in [2.75, 3.05) is 7.05 Å². The number of rotatable bonds is 0. The third-order valence-corrected chi connectivity index (χ3v) is 2.48. The fourth-order valence-corrected chi connectivity index (χ4v) is 1.71. The Morgan fingerprint density at radius 2 is 1.60 bits per heavy atom. The average Bonchev–Trinajstić information content (AvgIpc) is 2.29. The van der Waals surface area contributed by atoms with E-state index in [1.807, 2.05) is 20.9 Å². The maximum Gasteiger partial charge on any atom is 0.0410 e. The number of benzene rings is 1. The zero-order valence-corrected chi connectivity index (χ0v) is 10.0. The molecular formula is C14H19N. The van der Waals surface area contributed by atoms with E-state index in [-0.39, 0.29) is 0 Å². The Balaban J connectivity index is 0.000000531. The summed E-state index contributed by atoms with van der Waals surface area (Å²) in [6.45, 7) is 10.2. The minimum absolute atomic E-state index is 1.07. The predicted molar refractivity (Wildman–Crippen MR) is 68.2 cm³/mol. The largest absolute Gasteiger partial charge is 0.351 e. The quantitative estimate of drug-likeness (QED) is 0.613. The third-order valence-electron chi connectivity index (χ3n) is 2.48. The average molecular weight is 201 g/mol. The van der Waals surface area contributed by atoms with Crippen LogP contribution in [0.2, 0.25) is 0 Å². The van der Waals surface area contributed by atoms with E-state index in [9.17, 15) is 0 Å². The van der Waals surface area contributed by atoms with E-state index >= 15 is 0 Å². The van der Waals surface area contributed by atoms with Gasteiger partial charge in [-0.05, 0) is 18.1 Å². The molecule has 2 rings (SSSR count). The molecule has 80 valence electrons. The zero-order valence-electron chi connectivity index (χ0n) is 10.0. The van der Waals surface area contributed by atoms with Crippen LogP contribution in [-0.4, -0.2) is 11.9 Å². The van der Waals surface area contributed by atoms with E-state index in [4.69, 9.17) is 0 Å². The smallest absolute Gasteiger partial charge is 0.0410 e. The highest BCUT2D eigenvalue weighted by Crippen LogP contribution is 2.31. The lowest BCUT2D eigenvalue weighted by Crippen LogP contribution is -2.14. The molecule has 1 nitrogen and oxygen atoms in total. The van der Waals surface area contributed by atoms with Crippen LogP contribution >= 0.6 is 0 Å². The van der Waals surface area contributed by atoms with Crippen molar-refractivity contribution in [3.63, 3.8) is 0 Å². The number of fused-ring (bicyclic) bond motifs is 1. The maximum absolute atomic E-state index is 4.05. The fourth-order valence-electron chi connectivity index (χ4n) is 1.71. The molecule has 1 aromatic rings. The van der Waals surface area contributed by atoms with Crippen molar-refractivity contribution in [1.29, 1.82) is 0 Å². The molecule has 0 atom stereocenters. The van der Waals surface area contributed by atoms with Crippen LogP contribution in [-0.2, 0) is 0 Å². The van der Waals surface area contributed by atoms with E-state index in [0.717, 1.165) is 5.70 Å². The van der Waals surface area contributed by atoms with Gasteiger partial charge in [-0.15, -0.1) is 0 Å². The van der Waals surface area contributed by atoms with Gasteiger partial charge in [0, 0.05) is 24.5 Å². The normalized spacial score (nSPS) is 13.7. The highest BCUT2D eigenvalue weighted by molar-refractivity contribution is 5.81. The molecule has 0 saturated heterocycles. The number of allylic oxidation sites excluding steroid dienone is 1. The van der Waals surface area contributed by atoms with E-state index in [0.29, 0.717) is 0 Å². The summed E-state index contributed by atoms with van der Waals surface area (Å²) in [7, 11) is 2.03. The van der Waals surface area contributed by atoms with Crippen molar-refractivity contribution >= 4 is 11.3 Å². The number of hydrogen-bond donors (Lipinski definition) is 0. The Morgan fingerprint density at radius 3 is 2.20 bits per heavy atom. The van der Waals surface area contributed by atoms with Crippen molar-refractivity contribution in [3.05, 3.63) is 48.2 Å². The summed E-state index contributed by atoms with van der Waals surface area (Å²) >= 11 is 0. The van der Waals surface area contributed by atoms with Crippen LogP contribution in [0.25, 0.3) is 11.3 Å². The first-order valence-electron chi connectivity index (χ1n) is 5.40. The first kappa shape index (κ1) is 11.6. The van der Waals surface area contributed by atoms with Gasteiger partial charge < -0.3 is 4.90 Å². The molecular weight excluding hydrogens is 182 g/mol. The molecule has 0 bridgehead atoms. The number of nitrogens with zero attached hydrogens (tertiary/aromatic N) is 1. The van der Waals surface area contributed by atoms with Crippen molar-refractivity contribution < 1.29 is 0 Å². The molecule has 1 heteroatoms. The maximum atomic E-state index is 4.05. The topological polar surface area (TPSA) is 3.24 Å². The van der Waals surface area contributed by atoms with Gasteiger partial charge in [0.15, 0.2) is 0 Å². The zero-order chi connectivity index (χ0) is 11.4. The summed E-state index contributed by atoms with van der Waals surface area (Å²) in [4.78, 5) is 2.07. The monoisotopic (exact) mass is 201 g/mol. The summed E-state index contributed by atoms with van der Waals surface area (Å²) in [6, 6.07) is 8.37. The second-order valence-corrected chi connectivity index (χ2v) is 3.42. The van der Waals surface area contributed by atoms with Gasteiger partial charge >= 0.3 is 0 Å². The molecule has 0 spiro atoms. The minimum Gasteiger partial charge on any atom is -0.351 e. The van der Waals surface area contributed by atoms with Crippen LogP contribution in [0.15, 0.2) is 37.0 Å². The van der Waals surface area contributed by atoms with Crippen LogP contribution in [0.1, 0.15) is 31.9 Å². The first-order chi connectivity index (χ1) is 7.20. The van der Waals surface area contributed by atoms with Crippen LogP contribution < -0.4 is 0 Å². The Kier molecular flexibility index (Phi) is 3.73. The fraction of sp³-hybridized carbons (Fsp3) is 0.286. The summed E-state index contributed by atoms with van der Waals surface area (Å²) in [5, 5.41) is 0. The lowest BCUT2D eigenvalue weighted by Gasteiger charge is -2.26. The van der Waals surface area contributed by atoms with Gasteiger partial charge in [-0.1, -0.05) is 44.7 Å². The number of hydrogen-bond acceptors (Lipinski definition) is 1. The SMILES string of the molecule is C=C1c2ccccc2C(C)=CN1C.CC. The second-order valence-electron chi connectivity index (χ2n) is 3.42. The van der Waals surface area contributed by atoms with Crippen molar-refractivity contribution in [2.24, 2.45) is 0 Å². The molecule has 1 heterocycles. The highest BCUT2D eigenvalue weighted by Gasteiger charge is 2.14. The van der Waals surface area contributed by atoms with Crippen molar-refractivity contribution in [2.45, 2.75) is 20.8 Å². The van der Waals surface area contributed by atoms with E-state index in [1.165, 1.54) is 16.7 Å². The minimum atomic E-state index is 1.07. The molecule has 0 radical (unpaired) electrons. The van der Waals surface area contributed by atoms with Crippen LogP contribution in [0.5, 0.6) is 0 Å². The summed E-state index contributed by atoms with van der Waals surface area (Å²) in [5.74, 6) is 0. The Bertz CT molecular complexity index is 388. The van der Waals surface area contributed by atoms with Gasteiger partial charge in [0.05, 0.1) is 0 Å². The summed E-state index contributed by atoms with van der Waals surface area (Å²) in [5.41, 5.74) is 4.90. The molecule has 1 aromatic carbocycles. The molecule has 0 unspecified atom stereocenters. The predicted octanol–water partition coefficient (Wildman–Crippen LogP) is 3.99. The van der Waals surface area contributed by atoms with Crippen LogP contribution in [0.3, 0.4) is 0 Å². The lowest BCUT2D eigenvalue weighted by atomic mass is 9.96. The van der Waals surface area contributed by atoms with Crippen LogP contribution in [0, 0.1) is 0 Å². The Labute approximate surface area is 92.7 Å². The Morgan fingerprint density at radius 1 is 1.07 bits per heavy atom. The van der Waals surface area contributed by atoms with Crippen molar-refractivity contribution in [1.82, 2.24) is 4.90 Å².